The van der Waals surface area contributed by atoms with E-state index < -0.39 is 0 Å². The molecule has 26 heavy (non-hydrogen) atoms. The van der Waals surface area contributed by atoms with Gasteiger partial charge in [-0.1, -0.05) is 18.2 Å². The molecule has 3 rings (SSSR count). The van der Waals surface area contributed by atoms with Crippen molar-refractivity contribution in [2.24, 2.45) is 0 Å². The highest BCUT2D eigenvalue weighted by atomic mass is 19.1. The summed E-state index contributed by atoms with van der Waals surface area (Å²) < 4.78 is 19.3. The van der Waals surface area contributed by atoms with E-state index in [1.807, 2.05) is 38.1 Å². The Labute approximate surface area is 152 Å². The van der Waals surface area contributed by atoms with Crippen LogP contribution in [-0.4, -0.2) is 16.1 Å². The van der Waals surface area contributed by atoms with Gasteiger partial charge in [-0.15, -0.1) is 0 Å². The zero-order valence-corrected chi connectivity index (χ0v) is 14.7. The van der Waals surface area contributed by atoms with Gasteiger partial charge in [0.05, 0.1) is 6.10 Å². The fraction of sp³-hybridized carbons (Fsp3) is 0.200. The van der Waals surface area contributed by atoms with Crippen LogP contribution in [-0.2, 0) is 6.54 Å². The number of aromatic nitrogens is 2. The minimum atomic E-state index is -0.240. The Balaban J connectivity index is 1.63. The molecule has 0 radical (unpaired) electrons. The quantitative estimate of drug-likeness (QED) is 0.642. The van der Waals surface area contributed by atoms with Crippen molar-refractivity contribution in [3.05, 3.63) is 72.3 Å². The van der Waals surface area contributed by atoms with Crippen LogP contribution in [0, 0.1) is 5.82 Å². The maximum Gasteiger partial charge on any atom is 0.135 e. The molecule has 0 saturated carbocycles. The van der Waals surface area contributed by atoms with E-state index in [4.69, 9.17) is 4.74 Å². The Morgan fingerprint density at radius 1 is 1.00 bits per heavy atom. The average molecular weight is 352 g/mol. The van der Waals surface area contributed by atoms with Gasteiger partial charge in [-0.2, -0.15) is 0 Å². The molecule has 0 aliphatic rings. The molecule has 5 nitrogen and oxygen atoms in total. The molecule has 1 heterocycles. The summed E-state index contributed by atoms with van der Waals surface area (Å²) in [5.74, 6) is 1.84. The Kier molecular flexibility index (Phi) is 5.63. The lowest BCUT2D eigenvalue weighted by Crippen LogP contribution is -2.05. The van der Waals surface area contributed by atoms with Crippen LogP contribution in [0.15, 0.2) is 60.9 Å². The second kappa shape index (κ2) is 8.29. The topological polar surface area (TPSA) is 59.1 Å². The number of ether oxygens (including phenoxy) is 1. The number of hydrogen-bond donors (Lipinski definition) is 2. The van der Waals surface area contributed by atoms with Gasteiger partial charge in [-0.25, -0.2) is 14.4 Å². The summed E-state index contributed by atoms with van der Waals surface area (Å²) in [6.07, 6.45) is 1.60. The lowest BCUT2D eigenvalue weighted by atomic mass is 10.2. The van der Waals surface area contributed by atoms with Crippen molar-refractivity contribution in [2.45, 2.75) is 26.5 Å². The van der Waals surface area contributed by atoms with Crippen LogP contribution in [0.1, 0.15) is 19.4 Å². The van der Waals surface area contributed by atoms with Gasteiger partial charge in [-0.05, 0) is 44.2 Å². The van der Waals surface area contributed by atoms with Gasteiger partial charge in [0, 0.05) is 23.9 Å². The van der Waals surface area contributed by atoms with Crippen LogP contribution in [0.5, 0.6) is 5.75 Å². The Morgan fingerprint density at radius 2 is 1.73 bits per heavy atom. The molecule has 2 N–H and O–H groups in total. The molecule has 134 valence electrons. The van der Waals surface area contributed by atoms with Crippen molar-refractivity contribution < 1.29 is 9.13 Å². The van der Waals surface area contributed by atoms with Gasteiger partial charge in [0.1, 0.15) is 29.5 Å². The number of nitrogens with one attached hydrogen (secondary N) is 2. The fourth-order valence-electron chi connectivity index (χ4n) is 2.39. The summed E-state index contributed by atoms with van der Waals surface area (Å²) in [5, 5.41) is 6.32. The Bertz CT molecular complexity index is 852. The number of nitrogens with zero attached hydrogens (tertiary/aromatic N) is 2. The first-order valence-electron chi connectivity index (χ1n) is 8.43. The molecule has 0 aliphatic heterocycles. The van der Waals surface area contributed by atoms with Gasteiger partial charge >= 0.3 is 0 Å². The smallest absolute Gasteiger partial charge is 0.135 e. The molecule has 3 aromatic rings. The molecule has 0 amide bonds. The normalized spacial score (nSPS) is 10.6. The number of halogens is 1. The minimum absolute atomic E-state index is 0.138. The molecule has 0 spiro atoms. The third-order valence-corrected chi connectivity index (χ3v) is 3.58. The van der Waals surface area contributed by atoms with E-state index in [0.29, 0.717) is 23.7 Å². The number of hydrogen-bond acceptors (Lipinski definition) is 5. The van der Waals surface area contributed by atoms with E-state index in [9.17, 15) is 4.39 Å². The van der Waals surface area contributed by atoms with E-state index in [1.165, 1.54) is 12.4 Å². The van der Waals surface area contributed by atoms with Gasteiger partial charge in [0.25, 0.3) is 0 Å². The number of anilines is 3. The van der Waals surface area contributed by atoms with Crippen molar-refractivity contribution in [3.63, 3.8) is 0 Å². The third-order valence-electron chi connectivity index (χ3n) is 3.58. The van der Waals surface area contributed by atoms with Crippen molar-refractivity contribution in [1.29, 1.82) is 0 Å². The fourth-order valence-corrected chi connectivity index (χ4v) is 2.39. The largest absolute Gasteiger partial charge is 0.491 e. The van der Waals surface area contributed by atoms with Gasteiger partial charge in [0.2, 0.25) is 0 Å². The number of rotatable bonds is 7. The average Bonchev–Trinajstić information content (AvgIpc) is 2.63. The SMILES string of the molecule is CC(C)Oc1ccc(Nc2cc(NCc3ccccc3F)ncn2)cc1. The van der Waals surface area contributed by atoms with Crippen molar-refractivity contribution in [1.82, 2.24) is 9.97 Å². The predicted octanol–water partition coefficient (Wildman–Crippen LogP) is 4.76. The zero-order chi connectivity index (χ0) is 18.4. The molecule has 0 bridgehead atoms. The molecular formula is C20H21FN4O. The van der Waals surface area contributed by atoms with Crippen LogP contribution >= 0.6 is 0 Å². The summed E-state index contributed by atoms with van der Waals surface area (Å²) in [6.45, 7) is 4.33. The highest BCUT2D eigenvalue weighted by molar-refractivity contribution is 5.59. The van der Waals surface area contributed by atoms with E-state index in [1.54, 1.807) is 24.3 Å². The lowest BCUT2D eigenvalue weighted by molar-refractivity contribution is 0.242. The first-order chi connectivity index (χ1) is 12.6. The number of benzene rings is 2. The van der Waals surface area contributed by atoms with Crippen molar-refractivity contribution in [3.8, 4) is 5.75 Å². The lowest BCUT2D eigenvalue weighted by Gasteiger charge is -2.11. The summed E-state index contributed by atoms with van der Waals surface area (Å²) >= 11 is 0. The first kappa shape index (κ1) is 17.7. The second-order valence-electron chi connectivity index (χ2n) is 6.05. The van der Waals surface area contributed by atoms with Gasteiger partial charge < -0.3 is 15.4 Å². The highest BCUT2D eigenvalue weighted by Crippen LogP contribution is 2.21. The molecule has 1 aromatic heterocycles. The van der Waals surface area contributed by atoms with E-state index >= 15 is 0 Å². The molecule has 0 aliphatic carbocycles. The van der Waals surface area contributed by atoms with Crippen LogP contribution in [0.4, 0.5) is 21.7 Å². The van der Waals surface area contributed by atoms with E-state index in [-0.39, 0.29) is 11.9 Å². The van der Waals surface area contributed by atoms with Crippen LogP contribution in [0.25, 0.3) is 0 Å². The Hall–Kier alpha value is -3.15. The van der Waals surface area contributed by atoms with E-state index in [2.05, 4.69) is 20.6 Å². The Morgan fingerprint density at radius 3 is 2.46 bits per heavy atom. The highest BCUT2D eigenvalue weighted by Gasteiger charge is 2.04. The summed E-state index contributed by atoms with van der Waals surface area (Å²) in [7, 11) is 0. The molecule has 0 unspecified atom stereocenters. The van der Waals surface area contributed by atoms with Crippen molar-refractivity contribution >= 4 is 17.3 Å². The van der Waals surface area contributed by atoms with Crippen molar-refractivity contribution in [2.75, 3.05) is 10.6 Å². The summed E-state index contributed by atoms with van der Waals surface area (Å²) in [4.78, 5) is 8.38. The third kappa shape index (κ3) is 4.92. The molecule has 2 aromatic carbocycles. The van der Waals surface area contributed by atoms with Crippen LogP contribution in [0.2, 0.25) is 0 Å². The maximum absolute atomic E-state index is 13.7. The maximum atomic E-state index is 13.7. The van der Waals surface area contributed by atoms with Gasteiger partial charge in [-0.3, -0.25) is 0 Å². The minimum Gasteiger partial charge on any atom is -0.491 e. The van der Waals surface area contributed by atoms with E-state index in [0.717, 1.165) is 11.4 Å². The molecule has 0 atom stereocenters. The molecule has 0 saturated heterocycles. The summed E-state index contributed by atoms with van der Waals surface area (Å²) in [6, 6.07) is 16.1. The summed E-state index contributed by atoms with van der Waals surface area (Å²) in [5.41, 5.74) is 1.47. The molecular weight excluding hydrogens is 331 g/mol. The van der Waals surface area contributed by atoms with Crippen LogP contribution < -0.4 is 15.4 Å². The molecule has 6 heteroatoms. The predicted molar refractivity (Wildman–Crippen MR) is 101 cm³/mol. The standard InChI is InChI=1S/C20H21FN4O/c1-14(2)26-17-9-7-16(8-10-17)25-20-11-19(23-13-24-20)22-12-15-5-3-4-6-18(15)21/h3-11,13-14H,12H2,1-2H3,(H2,22,23,24,25). The monoisotopic (exact) mass is 352 g/mol. The first-order valence-corrected chi connectivity index (χ1v) is 8.43. The second-order valence-corrected chi connectivity index (χ2v) is 6.05. The molecule has 0 fully saturated rings. The van der Waals surface area contributed by atoms with Crippen LogP contribution in [0.3, 0.4) is 0 Å². The zero-order valence-electron chi connectivity index (χ0n) is 14.7. The van der Waals surface area contributed by atoms with Gasteiger partial charge in [0.15, 0.2) is 0 Å².